The average molecular weight is 226 g/mol. The van der Waals surface area contributed by atoms with E-state index in [1.807, 2.05) is 0 Å². The van der Waals surface area contributed by atoms with Crippen molar-refractivity contribution in [1.29, 1.82) is 0 Å². The van der Waals surface area contributed by atoms with Gasteiger partial charge < -0.3 is 14.9 Å². The van der Waals surface area contributed by atoms with Crippen molar-refractivity contribution < 1.29 is 24.5 Å². The summed E-state index contributed by atoms with van der Waals surface area (Å²) in [6.45, 7) is 1.81. The van der Waals surface area contributed by atoms with E-state index in [-0.39, 0.29) is 18.0 Å². The van der Waals surface area contributed by atoms with Crippen LogP contribution < -0.4 is 0 Å². The van der Waals surface area contributed by atoms with Crippen molar-refractivity contribution in [2.75, 3.05) is 6.61 Å². The summed E-state index contributed by atoms with van der Waals surface area (Å²) in [6, 6.07) is 0. The van der Waals surface area contributed by atoms with E-state index >= 15 is 0 Å². The minimum atomic E-state index is -0.752. The molecule has 1 rings (SSSR count). The van der Waals surface area contributed by atoms with Gasteiger partial charge in [0.2, 0.25) is 0 Å². The van der Waals surface area contributed by atoms with Crippen molar-refractivity contribution in [1.82, 2.24) is 0 Å². The largest absolute Gasteiger partial charge is 0.504 e. The molecule has 0 saturated heterocycles. The normalized spacial score (nSPS) is 19.8. The second kappa shape index (κ2) is 5.34. The predicted octanol–water partition coefficient (Wildman–Crippen LogP) is 1.56. The van der Waals surface area contributed by atoms with Gasteiger partial charge in [-0.05, 0) is 19.8 Å². The monoisotopic (exact) mass is 226 g/mol. The number of aliphatic hydroxyl groups is 2. The number of Topliss-reactive ketones (excluding diaryl/α,β-unsaturated/α-hetero) is 1. The summed E-state index contributed by atoms with van der Waals surface area (Å²) in [4.78, 5) is 22.2. The van der Waals surface area contributed by atoms with Crippen molar-refractivity contribution >= 4 is 11.8 Å². The molecule has 1 fully saturated rings. The molecular weight excluding hydrogens is 212 g/mol. The Morgan fingerprint density at radius 3 is 2.62 bits per heavy atom. The van der Waals surface area contributed by atoms with Crippen LogP contribution >= 0.6 is 0 Å². The fourth-order valence-corrected chi connectivity index (χ4v) is 1.49. The van der Waals surface area contributed by atoms with Crippen LogP contribution in [0.2, 0.25) is 0 Å². The van der Waals surface area contributed by atoms with Crippen LogP contribution in [0.15, 0.2) is 23.2 Å². The van der Waals surface area contributed by atoms with Crippen molar-refractivity contribution in [3.05, 3.63) is 23.2 Å². The summed E-state index contributed by atoms with van der Waals surface area (Å²) >= 11 is 0. The Morgan fingerprint density at radius 2 is 2.12 bits per heavy atom. The van der Waals surface area contributed by atoms with Crippen LogP contribution in [0.25, 0.3) is 0 Å². The van der Waals surface area contributed by atoms with Crippen LogP contribution in [0.1, 0.15) is 26.2 Å². The fraction of sp³-hybridized carbons (Fsp3) is 0.455. The minimum Gasteiger partial charge on any atom is -0.504 e. The van der Waals surface area contributed by atoms with E-state index in [1.165, 1.54) is 0 Å². The highest BCUT2D eigenvalue weighted by molar-refractivity contribution is 5.98. The summed E-state index contributed by atoms with van der Waals surface area (Å²) in [7, 11) is 0. The number of hydrogen-bond acceptors (Lipinski definition) is 5. The van der Waals surface area contributed by atoms with E-state index in [9.17, 15) is 19.8 Å². The van der Waals surface area contributed by atoms with E-state index in [4.69, 9.17) is 0 Å². The Hall–Kier alpha value is -1.78. The van der Waals surface area contributed by atoms with Gasteiger partial charge >= 0.3 is 5.97 Å². The highest BCUT2D eigenvalue weighted by Gasteiger charge is 2.23. The molecule has 0 heterocycles. The van der Waals surface area contributed by atoms with Gasteiger partial charge in [-0.1, -0.05) is 0 Å². The first-order chi connectivity index (χ1) is 7.56. The summed E-state index contributed by atoms with van der Waals surface area (Å²) in [5.74, 6) is -2.09. The number of esters is 1. The number of carbonyl (C=O) groups excluding carboxylic acids is 2. The molecule has 16 heavy (non-hydrogen) atoms. The average Bonchev–Trinajstić information content (AvgIpc) is 2.63. The number of ketones is 1. The van der Waals surface area contributed by atoms with Gasteiger partial charge in [-0.15, -0.1) is 0 Å². The number of rotatable bonds is 3. The van der Waals surface area contributed by atoms with Crippen LogP contribution in [-0.4, -0.2) is 28.6 Å². The Balaban J connectivity index is 2.84. The molecule has 0 radical (unpaired) electrons. The zero-order chi connectivity index (χ0) is 12.1. The zero-order valence-electron chi connectivity index (χ0n) is 9.02. The Morgan fingerprint density at radius 1 is 1.44 bits per heavy atom. The molecule has 0 aromatic carbocycles. The van der Waals surface area contributed by atoms with Gasteiger partial charge in [0.05, 0.1) is 12.7 Å². The van der Waals surface area contributed by atoms with Gasteiger partial charge in [-0.25, -0.2) is 4.79 Å². The van der Waals surface area contributed by atoms with Crippen molar-refractivity contribution in [2.45, 2.75) is 26.2 Å². The van der Waals surface area contributed by atoms with Gasteiger partial charge in [-0.3, -0.25) is 4.79 Å². The SMILES string of the molecule is CCOC(=O)C=C(O)C(O)=C1CCCC1=O. The molecule has 0 spiro atoms. The first-order valence-corrected chi connectivity index (χ1v) is 5.09. The van der Waals surface area contributed by atoms with Crippen LogP contribution in [0, 0.1) is 0 Å². The molecule has 0 aromatic heterocycles. The molecule has 0 aliphatic heterocycles. The lowest BCUT2D eigenvalue weighted by molar-refractivity contribution is -0.137. The number of allylic oxidation sites excluding steroid dienone is 1. The lowest BCUT2D eigenvalue weighted by Gasteiger charge is -2.02. The van der Waals surface area contributed by atoms with Gasteiger partial charge in [-0.2, -0.15) is 0 Å². The fourth-order valence-electron chi connectivity index (χ4n) is 1.49. The second-order valence-corrected chi connectivity index (χ2v) is 3.39. The molecule has 88 valence electrons. The molecule has 0 atom stereocenters. The third-order valence-electron chi connectivity index (χ3n) is 2.24. The van der Waals surface area contributed by atoms with Gasteiger partial charge in [0.15, 0.2) is 17.3 Å². The Labute approximate surface area is 93.0 Å². The maximum atomic E-state index is 11.3. The molecule has 1 aliphatic rings. The quantitative estimate of drug-likeness (QED) is 0.433. The first-order valence-electron chi connectivity index (χ1n) is 5.09. The minimum absolute atomic E-state index is 0.179. The maximum absolute atomic E-state index is 11.3. The van der Waals surface area contributed by atoms with Crippen molar-refractivity contribution in [3.8, 4) is 0 Å². The molecule has 1 aliphatic carbocycles. The number of aliphatic hydroxyl groups excluding tert-OH is 2. The zero-order valence-corrected chi connectivity index (χ0v) is 9.02. The third-order valence-corrected chi connectivity index (χ3v) is 2.24. The third kappa shape index (κ3) is 2.85. The number of hydrogen-bond donors (Lipinski definition) is 2. The van der Waals surface area contributed by atoms with Crippen LogP contribution in [0.3, 0.4) is 0 Å². The first kappa shape index (κ1) is 12.3. The highest BCUT2D eigenvalue weighted by Crippen LogP contribution is 2.25. The molecule has 1 saturated carbocycles. The van der Waals surface area contributed by atoms with E-state index in [1.54, 1.807) is 6.92 Å². The van der Waals surface area contributed by atoms with Gasteiger partial charge in [0.1, 0.15) is 0 Å². The smallest absolute Gasteiger partial charge is 0.334 e. The van der Waals surface area contributed by atoms with Gasteiger partial charge in [0.25, 0.3) is 0 Å². The molecule has 0 unspecified atom stereocenters. The second-order valence-electron chi connectivity index (χ2n) is 3.39. The molecule has 0 amide bonds. The number of carbonyl (C=O) groups is 2. The molecule has 2 N–H and O–H groups in total. The standard InChI is InChI=1S/C11H14O5/c1-2-16-10(14)6-9(13)11(15)7-4-3-5-8(7)12/h6,13,15H,2-5H2,1H3. The molecule has 5 heteroatoms. The van der Waals surface area contributed by atoms with E-state index in [0.29, 0.717) is 19.3 Å². The highest BCUT2D eigenvalue weighted by atomic mass is 16.5. The van der Waals surface area contributed by atoms with E-state index in [2.05, 4.69) is 4.74 Å². The summed E-state index contributed by atoms with van der Waals surface area (Å²) in [6.07, 6.45) is 2.21. The van der Waals surface area contributed by atoms with E-state index < -0.39 is 17.5 Å². The molecule has 5 nitrogen and oxygen atoms in total. The van der Waals surface area contributed by atoms with Crippen LogP contribution in [-0.2, 0) is 14.3 Å². The summed E-state index contributed by atoms with van der Waals surface area (Å²) in [5.41, 5.74) is 0.179. The Kier molecular flexibility index (Phi) is 4.10. The lowest BCUT2D eigenvalue weighted by Crippen LogP contribution is -2.05. The van der Waals surface area contributed by atoms with Crippen LogP contribution in [0.4, 0.5) is 0 Å². The summed E-state index contributed by atoms with van der Waals surface area (Å²) in [5, 5.41) is 18.9. The van der Waals surface area contributed by atoms with Gasteiger partial charge in [0, 0.05) is 12.0 Å². The van der Waals surface area contributed by atoms with E-state index in [0.717, 1.165) is 6.08 Å². The van der Waals surface area contributed by atoms with Crippen LogP contribution in [0.5, 0.6) is 0 Å². The lowest BCUT2D eigenvalue weighted by atomic mass is 10.1. The predicted molar refractivity (Wildman–Crippen MR) is 55.9 cm³/mol. The molecule has 0 bridgehead atoms. The molecule has 0 aromatic rings. The Bertz CT molecular complexity index is 365. The molecular formula is C11H14O5. The van der Waals surface area contributed by atoms with Crippen molar-refractivity contribution in [3.63, 3.8) is 0 Å². The summed E-state index contributed by atoms with van der Waals surface area (Å²) < 4.78 is 4.56. The van der Waals surface area contributed by atoms with Crippen molar-refractivity contribution in [2.24, 2.45) is 0 Å². The number of ether oxygens (including phenoxy) is 1. The topological polar surface area (TPSA) is 83.8 Å². The maximum Gasteiger partial charge on any atom is 0.334 e.